The van der Waals surface area contributed by atoms with Gasteiger partial charge in [0.25, 0.3) is 5.91 Å². The molecule has 1 fully saturated rings. The highest BCUT2D eigenvalue weighted by atomic mass is 16.5. The van der Waals surface area contributed by atoms with Crippen molar-refractivity contribution in [3.8, 4) is 11.3 Å². The van der Waals surface area contributed by atoms with Gasteiger partial charge in [0.2, 0.25) is 0 Å². The average Bonchev–Trinajstić information content (AvgIpc) is 2.97. The molecule has 1 saturated heterocycles. The van der Waals surface area contributed by atoms with Crippen LogP contribution in [0.1, 0.15) is 23.0 Å². The maximum Gasteiger partial charge on any atom is 0.254 e. The number of nitrogens with zero attached hydrogens (tertiary/aromatic N) is 4. The highest BCUT2D eigenvalue weighted by Crippen LogP contribution is 2.30. The Morgan fingerprint density at radius 1 is 1.33 bits per heavy atom. The zero-order valence-electron chi connectivity index (χ0n) is 16.2. The van der Waals surface area contributed by atoms with E-state index in [0.717, 1.165) is 27.9 Å². The predicted octanol–water partition coefficient (Wildman–Crippen LogP) is 3.05. The summed E-state index contributed by atoms with van der Waals surface area (Å²) in [4.78, 5) is 19.9. The van der Waals surface area contributed by atoms with Crippen LogP contribution in [0.2, 0.25) is 0 Å². The second kappa shape index (κ2) is 6.46. The van der Waals surface area contributed by atoms with Gasteiger partial charge in [0.1, 0.15) is 0 Å². The maximum absolute atomic E-state index is 13.3. The lowest BCUT2D eigenvalue weighted by Gasteiger charge is -2.40. The molecule has 0 aliphatic carbocycles. The summed E-state index contributed by atoms with van der Waals surface area (Å²) in [6, 6.07) is 9.68. The molecule has 0 spiro atoms. The first kappa shape index (κ1) is 17.7. The quantitative estimate of drug-likeness (QED) is 0.714. The average molecular weight is 364 g/mol. The molecule has 140 valence electrons. The zero-order chi connectivity index (χ0) is 19.2. The summed E-state index contributed by atoms with van der Waals surface area (Å²) in [5, 5.41) is 5.28. The first-order valence-electron chi connectivity index (χ1n) is 9.10. The minimum Gasteiger partial charge on any atom is -0.380 e. The van der Waals surface area contributed by atoms with E-state index >= 15 is 0 Å². The Morgan fingerprint density at radius 3 is 2.70 bits per heavy atom. The van der Waals surface area contributed by atoms with E-state index < -0.39 is 0 Å². The summed E-state index contributed by atoms with van der Waals surface area (Å²) in [5.74, 6) is 0.00418. The van der Waals surface area contributed by atoms with Crippen molar-refractivity contribution >= 4 is 16.8 Å². The van der Waals surface area contributed by atoms with Gasteiger partial charge in [0, 0.05) is 43.2 Å². The summed E-state index contributed by atoms with van der Waals surface area (Å²) in [6.07, 6.45) is 1.94. The van der Waals surface area contributed by atoms with E-state index in [-0.39, 0.29) is 11.3 Å². The highest BCUT2D eigenvalue weighted by Gasteiger charge is 2.36. The molecule has 1 aliphatic rings. The maximum atomic E-state index is 13.3. The molecule has 3 aromatic rings. The van der Waals surface area contributed by atoms with E-state index in [1.807, 2.05) is 57.5 Å². The van der Waals surface area contributed by atoms with Crippen LogP contribution in [-0.4, -0.2) is 52.4 Å². The van der Waals surface area contributed by atoms with Crippen molar-refractivity contribution in [1.82, 2.24) is 19.7 Å². The summed E-state index contributed by atoms with van der Waals surface area (Å²) < 4.78 is 7.10. The number of carbonyl (C=O) groups is 1. The molecule has 0 saturated carbocycles. The highest BCUT2D eigenvalue weighted by molar-refractivity contribution is 6.07. The van der Waals surface area contributed by atoms with Crippen molar-refractivity contribution in [3.05, 3.63) is 47.8 Å². The van der Waals surface area contributed by atoms with Gasteiger partial charge in [0.05, 0.1) is 35.7 Å². The fourth-order valence-electron chi connectivity index (χ4n) is 3.73. The standard InChI is InChI=1S/C21H24N4O2/c1-14-17(10-25(4)23-14)19-9-16(15-7-5-6-8-18(15)22-19)20(26)24(3)11-21(2)12-27-13-21/h5-10H,11-13H2,1-4H3. The Bertz CT molecular complexity index is 1020. The number of para-hydroxylation sites is 1. The van der Waals surface area contributed by atoms with Crippen LogP contribution in [0.15, 0.2) is 36.5 Å². The number of hydrogen-bond donors (Lipinski definition) is 0. The third kappa shape index (κ3) is 3.21. The van der Waals surface area contributed by atoms with Crippen molar-refractivity contribution in [3.63, 3.8) is 0 Å². The number of pyridine rings is 1. The molecule has 0 bridgehead atoms. The van der Waals surface area contributed by atoms with Crippen LogP contribution in [0, 0.1) is 12.3 Å². The molecule has 4 rings (SSSR count). The molecule has 1 amide bonds. The SMILES string of the molecule is Cc1nn(C)cc1-c1cc(C(=O)N(C)CC2(C)COC2)c2ccccc2n1. The van der Waals surface area contributed by atoms with Gasteiger partial charge < -0.3 is 9.64 Å². The van der Waals surface area contributed by atoms with E-state index in [1.165, 1.54) is 0 Å². The summed E-state index contributed by atoms with van der Waals surface area (Å²) in [5.41, 5.74) is 4.13. The van der Waals surface area contributed by atoms with Crippen molar-refractivity contribution in [1.29, 1.82) is 0 Å². The van der Waals surface area contributed by atoms with Crippen LogP contribution >= 0.6 is 0 Å². The number of aryl methyl sites for hydroxylation is 2. The fourth-order valence-corrected chi connectivity index (χ4v) is 3.73. The first-order chi connectivity index (χ1) is 12.9. The summed E-state index contributed by atoms with van der Waals surface area (Å²) >= 11 is 0. The van der Waals surface area contributed by atoms with Crippen LogP contribution in [0.4, 0.5) is 0 Å². The minimum absolute atomic E-state index is 0.00418. The normalized spacial score (nSPS) is 15.6. The van der Waals surface area contributed by atoms with Crippen LogP contribution in [0.25, 0.3) is 22.2 Å². The van der Waals surface area contributed by atoms with Gasteiger partial charge in [-0.3, -0.25) is 9.48 Å². The van der Waals surface area contributed by atoms with Crippen LogP contribution in [0.3, 0.4) is 0 Å². The minimum atomic E-state index is 0.00418. The van der Waals surface area contributed by atoms with E-state index in [9.17, 15) is 4.79 Å². The largest absolute Gasteiger partial charge is 0.380 e. The second-order valence-electron chi connectivity index (χ2n) is 7.84. The first-order valence-corrected chi connectivity index (χ1v) is 9.10. The number of benzene rings is 1. The number of ether oxygens (including phenoxy) is 1. The summed E-state index contributed by atoms with van der Waals surface area (Å²) in [7, 11) is 3.74. The van der Waals surface area contributed by atoms with Crippen LogP contribution in [0.5, 0.6) is 0 Å². The Kier molecular flexibility index (Phi) is 4.23. The lowest BCUT2D eigenvalue weighted by molar-refractivity contribution is -0.109. The van der Waals surface area contributed by atoms with Crippen molar-refractivity contribution < 1.29 is 9.53 Å². The van der Waals surface area contributed by atoms with Gasteiger partial charge in [-0.15, -0.1) is 0 Å². The van der Waals surface area contributed by atoms with E-state index in [2.05, 4.69) is 12.0 Å². The molecule has 2 aromatic heterocycles. The van der Waals surface area contributed by atoms with Gasteiger partial charge in [-0.25, -0.2) is 4.98 Å². The molecule has 0 radical (unpaired) electrons. The number of rotatable bonds is 4. The number of carbonyl (C=O) groups excluding carboxylic acids is 1. The lowest BCUT2D eigenvalue weighted by atomic mass is 9.88. The van der Waals surface area contributed by atoms with Gasteiger partial charge in [0.15, 0.2) is 0 Å². The Balaban J connectivity index is 1.78. The molecule has 0 atom stereocenters. The smallest absolute Gasteiger partial charge is 0.254 e. The molecule has 0 unspecified atom stereocenters. The van der Waals surface area contributed by atoms with Gasteiger partial charge in [-0.2, -0.15) is 5.10 Å². The molecular formula is C21H24N4O2. The number of amides is 1. The van der Waals surface area contributed by atoms with Crippen molar-refractivity contribution in [2.24, 2.45) is 12.5 Å². The number of hydrogen-bond acceptors (Lipinski definition) is 4. The number of fused-ring (bicyclic) bond motifs is 1. The fraction of sp³-hybridized carbons (Fsp3) is 0.381. The lowest BCUT2D eigenvalue weighted by Crippen LogP contribution is -2.49. The number of aromatic nitrogens is 3. The molecular weight excluding hydrogens is 340 g/mol. The second-order valence-corrected chi connectivity index (χ2v) is 7.84. The third-order valence-electron chi connectivity index (χ3n) is 5.10. The van der Waals surface area contributed by atoms with Crippen LogP contribution in [-0.2, 0) is 11.8 Å². The van der Waals surface area contributed by atoms with Gasteiger partial charge in [-0.1, -0.05) is 25.1 Å². The molecule has 1 aromatic carbocycles. The molecule has 3 heterocycles. The third-order valence-corrected chi connectivity index (χ3v) is 5.10. The van der Waals surface area contributed by atoms with Gasteiger partial charge >= 0.3 is 0 Å². The van der Waals surface area contributed by atoms with E-state index in [0.29, 0.717) is 25.3 Å². The molecule has 0 N–H and O–H groups in total. The topological polar surface area (TPSA) is 60.2 Å². The van der Waals surface area contributed by atoms with E-state index in [1.54, 1.807) is 9.58 Å². The van der Waals surface area contributed by atoms with Gasteiger partial charge in [-0.05, 0) is 19.1 Å². The monoisotopic (exact) mass is 364 g/mol. The Labute approximate surface area is 158 Å². The Hall–Kier alpha value is -2.73. The van der Waals surface area contributed by atoms with Crippen molar-refractivity contribution in [2.45, 2.75) is 13.8 Å². The summed E-state index contributed by atoms with van der Waals surface area (Å²) in [6.45, 7) is 6.17. The molecule has 6 heteroatoms. The Morgan fingerprint density at radius 2 is 2.07 bits per heavy atom. The van der Waals surface area contributed by atoms with E-state index in [4.69, 9.17) is 9.72 Å². The zero-order valence-corrected chi connectivity index (χ0v) is 16.2. The van der Waals surface area contributed by atoms with Crippen molar-refractivity contribution in [2.75, 3.05) is 26.8 Å². The predicted molar refractivity (Wildman–Crippen MR) is 105 cm³/mol. The molecule has 1 aliphatic heterocycles. The van der Waals surface area contributed by atoms with Crippen LogP contribution < -0.4 is 0 Å². The molecule has 27 heavy (non-hydrogen) atoms. The molecule has 6 nitrogen and oxygen atoms in total.